The number of hydrogen-bond donors (Lipinski definition) is 2. The molecular formula is C13H20N2O2. The van der Waals surface area contributed by atoms with Crippen molar-refractivity contribution < 1.29 is 9.90 Å². The maximum absolute atomic E-state index is 10.9. The molecule has 94 valence electrons. The third-order valence-corrected chi connectivity index (χ3v) is 2.80. The molecule has 0 bridgehead atoms. The van der Waals surface area contributed by atoms with Crippen molar-refractivity contribution in [3.8, 4) is 0 Å². The second-order valence-corrected chi connectivity index (χ2v) is 4.18. The van der Waals surface area contributed by atoms with Gasteiger partial charge in [-0.1, -0.05) is 0 Å². The smallest absolute Gasteiger partial charge is 0.335 e. The Labute approximate surface area is 102 Å². The van der Waals surface area contributed by atoms with E-state index in [2.05, 4.69) is 10.2 Å². The van der Waals surface area contributed by atoms with E-state index in [4.69, 9.17) is 5.11 Å². The summed E-state index contributed by atoms with van der Waals surface area (Å²) in [4.78, 5) is 13.0. The molecule has 0 radical (unpaired) electrons. The molecule has 0 aliphatic rings. The third-order valence-electron chi connectivity index (χ3n) is 2.80. The third kappa shape index (κ3) is 3.75. The second kappa shape index (κ2) is 6.25. The lowest BCUT2D eigenvalue weighted by Crippen LogP contribution is -2.22. The highest BCUT2D eigenvalue weighted by Gasteiger charge is 2.08. The molecule has 1 aromatic rings. The molecule has 17 heavy (non-hydrogen) atoms. The van der Waals surface area contributed by atoms with Crippen LogP contribution >= 0.6 is 0 Å². The van der Waals surface area contributed by atoms with Crippen molar-refractivity contribution in [1.29, 1.82) is 0 Å². The van der Waals surface area contributed by atoms with E-state index in [1.807, 2.05) is 33.2 Å². The molecule has 0 aliphatic heterocycles. The van der Waals surface area contributed by atoms with Crippen LogP contribution in [0.4, 0.5) is 5.69 Å². The molecule has 0 spiro atoms. The Kier molecular flexibility index (Phi) is 4.97. The molecule has 0 unspecified atom stereocenters. The summed E-state index contributed by atoms with van der Waals surface area (Å²) in [5.41, 5.74) is 2.23. The minimum Gasteiger partial charge on any atom is -0.478 e. The van der Waals surface area contributed by atoms with Gasteiger partial charge >= 0.3 is 5.97 Å². The monoisotopic (exact) mass is 236 g/mol. The highest BCUT2D eigenvalue weighted by atomic mass is 16.4. The van der Waals surface area contributed by atoms with Crippen LogP contribution in [0.1, 0.15) is 22.3 Å². The molecule has 1 rings (SSSR count). The van der Waals surface area contributed by atoms with Crippen molar-refractivity contribution in [2.24, 2.45) is 0 Å². The van der Waals surface area contributed by atoms with Crippen LogP contribution in [0, 0.1) is 6.92 Å². The minimum absolute atomic E-state index is 0.373. The van der Waals surface area contributed by atoms with Crippen molar-refractivity contribution in [2.45, 2.75) is 13.3 Å². The van der Waals surface area contributed by atoms with Gasteiger partial charge in [0, 0.05) is 19.3 Å². The van der Waals surface area contributed by atoms with E-state index in [1.54, 1.807) is 6.07 Å². The maximum atomic E-state index is 10.9. The van der Waals surface area contributed by atoms with E-state index in [0.717, 1.165) is 30.8 Å². The van der Waals surface area contributed by atoms with Gasteiger partial charge in [0.1, 0.15) is 0 Å². The summed E-state index contributed by atoms with van der Waals surface area (Å²) in [5.74, 6) is -0.869. The summed E-state index contributed by atoms with van der Waals surface area (Å²) >= 11 is 0. The van der Waals surface area contributed by atoms with Gasteiger partial charge in [-0.05, 0) is 50.7 Å². The van der Waals surface area contributed by atoms with E-state index in [-0.39, 0.29) is 0 Å². The van der Waals surface area contributed by atoms with Gasteiger partial charge in [-0.3, -0.25) is 0 Å². The van der Waals surface area contributed by atoms with E-state index in [1.165, 1.54) is 0 Å². The fourth-order valence-electron chi connectivity index (χ4n) is 1.75. The van der Waals surface area contributed by atoms with Gasteiger partial charge < -0.3 is 15.3 Å². The van der Waals surface area contributed by atoms with Gasteiger partial charge in [-0.15, -0.1) is 0 Å². The lowest BCUT2D eigenvalue weighted by molar-refractivity contribution is 0.0696. The Hall–Kier alpha value is -1.55. The van der Waals surface area contributed by atoms with Crippen molar-refractivity contribution in [3.63, 3.8) is 0 Å². The zero-order valence-corrected chi connectivity index (χ0v) is 10.7. The molecule has 0 aliphatic carbocycles. The number of carboxylic acid groups (broad SMARTS) is 1. The van der Waals surface area contributed by atoms with E-state index < -0.39 is 5.97 Å². The van der Waals surface area contributed by atoms with Gasteiger partial charge in [0.2, 0.25) is 0 Å². The van der Waals surface area contributed by atoms with Gasteiger partial charge in [0.05, 0.1) is 5.56 Å². The highest BCUT2D eigenvalue weighted by Crippen LogP contribution is 2.18. The second-order valence-electron chi connectivity index (χ2n) is 4.18. The number of nitrogens with one attached hydrogen (secondary N) is 1. The lowest BCUT2D eigenvalue weighted by Gasteiger charge is -2.20. The Bertz CT molecular complexity index is 391. The zero-order valence-electron chi connectivity index (χ0n) is 10.7. The van der Waals surface area contributed by atoms with Crippen molar-refractivity contribution in [1.82, 2.24) is 5.32 Å². The average Bonchev–Trinajstić information content (AvgIpc) is 2.28. The summed E-state index contributed by atoms with van der Waals surface area (Å²) in [6.45, 7) is 3.76. The molecule has 0 saturated carbocycles. The summed E-state index contributed by atoms with van der Waals surface area (Å²) < 4.78 is 0. The van der Waals surface area contributed by atoms with Crippen LogP contribution in [-0.2, 0) is 0 Å². The molecule has 0 atom stereocenters. The van der Waals surface area contributed by atoms with Crippen LogP contribution < -0.4 is 10.2 Å². The number of aryl methyl sites for hydroxylation is 1. The van der Waals surface area contributed by atoms with Crippen molar-refractivity contribution >= 4 is 11.7 Å². The van der Waals surface area contributed by atoms with Crippen LogP contribution in [0.3, 0.4) is 0 Å². The average molecular weight is 236 g/mol. The molecule has 0 saturated heterocycles. The first-order valence-corrected chi connectivity index (χ1v) is 5.76. The molecule has 1 aromatic carbocycles. The van der Waals surface area contributed by atoms with Crippen LogP contribution in [-0.4, -0.2) is 38.3 Å². The fraction of sp³-hybridized carbons (Fsp3) is 0.462. The van der Waals surface area contributed by atoms with Crippen LogP contribution in [0.25, 0.3) is 0 Å². The van der Waals surface area contributed by atoms with Gasteiger partial charge in [0.25, 0.3) is 0 Å². The standard InChI is InChI=1S/C13H20N2O2/c1-10-9-11(5-6-12(10)13(16)17)15(3)8-4-7-14-2/h5-6,9,14H,4,7-8H2,1-3H3,(H,16,17). The molecular weight excluding hydrogens is 216 g/mol. The molecule has 2 N–H and O–H groups in total. The first-order chi connectivity index (χ1) is 8.06. The SMILES string of the molecule is CNCCCN(C)c1ccc(C(=O)O)c(C)c1. The number of nitrogens with zero attached hydrogens (tertiary/aromatic N) is 1. The Morgan fingerprint density at radius 1 is 1.47 bits per heavy atom. The molecule has 0 aromatic heterocycles. The van der Waals surface area contributed by atoms with Gasteiger partial charge in [0.15, 0.2) is 0 Å². The largest absolute Gasteiger partial charge is 0.478 e. The summed E-state index contributed by atoms with van der Waals surface area (Å²) in [6.07, 6.45) is 1.06. The van der Waals surface area contributed by atoms with Gasteiger partial charge in [-0.2, -0.15) is 0 Å². The van der Waals surface area contributed by atoms with E-state index in [0.29, 0.717) is 5.56 Å². The van der Waals surface area contributed by atoms with E-state index >= 15 is 0 Å². The quantitative estimate of drug-likeness (QED) is 0.739. The predicted molar refractivity (Wildman–Crippen MR) is 70.0 cm³/mol. The zero-order chi connectivity index (χ0) is 12.8. The number of carbonyl (C=O) groups is 1. The van der Waals surface area contributed by atoms with Crippen molar-refractivity contribution in [2.75, 3.05) is 32.1 Å². The number of carboxylic acids is 1. The molecule has 0 amide bonds. The lowest BCUT2D eigenvalue weighted by atomic mass is 10.1. The normalized spacial score (nSPS) is 10.3. The van der Waals surface area contributed by atoms with E-state index in [9.17, 15) is 4.79 Å². The summed E-state index contributed by atoms with van der Waals surface area (Å²) in [5, 5.41) is 12.1. The number of rotatable bonds is 6. The van der Waals surface area contributed by atoms with Crippen LogP contribution in [0.15, 0.2) is 18.2 Å². The summed E-state index contributed by atoms with van der Waals surface area (Å²) in [7, 11) is 3.96. The first-order valence-electron chi connectivity index (χ1n) is 5.76. The van der Waals surface area contributed by atoms with Gasteiger partial charge in [-0.25, -0.2) is 4.79 Å². The van der Waals surface area contributed by atoms with Crippen molar-refractivity contribution in [3.05, 3.63) is 29.3 Å². The number of benzene rings is 1. The highest BCUT2D eigenvalue weighted by molar-refractivity contribution is 5.89. The van der Waals surface area contributed by atoms with Crippen LogP contribution in [0.2, 0.25) is 0 Å². The maximum Gasteiger partial charge on any atom is 0.335 e. The molecule has 0 fully saturated rings. The number of hydrogen-bond acceptors (Lipinski definition) is 3. The minimum atomic E-state index is -0.869. The fourth-order valence-corrected chi connectivity index (χ4v) is 1.75. The molecule has 4 heteroatoms. The first kappa shape index (κ1) is 13.5. The Morgan fingerprint density at radius 3 is 2.71 bits per heavy atom. The predicted octanol–water partition coefficient (Wildman–Crippen LogP) is 1.74. The molecule has 0 heterocycles. The molecule has 4 nitrogen and oxygen atoms in total. The number of anilines is 1. The van der Waals surface area contributed by atoms with Crippen LogP contribution in [0.5, 0.6) is 0 Å². The number of aromatic carboxylic acids is 1. The summed E-state index contributed by atoms with van der Waals surface area (Å²) in [6, 6.07) is 5.44. The topological polar surface area (TPSA) is 52.6 Å². The Balaban J connectivity index is 2.72. The Morgan fingerprint density at radius 2 is 2.18 bits per heavy atom.